The summed E-state index contributed by atoms with van der Waals surface area (Å²) in [4.78, 5) is 11.3. The summed E-state index contributed by atoms with van der Waals surface area (Å²) >= 11 is 0. The molecular weight excluding hydrogens is 234 g/mol. The lowest BCUT2D eigenvalue weighted by Crippen LogP contribution is -2.37. The van der Waals surface area contributed by atoms with Crippen molar-refractivity contribution in [3.8, 4) is 11.5 Å². The maximum absolute atomic E-state index is 11.3. The van der Waals surface area contributed by atoms with Crippen LogP contribution in [0.15, 0.2) is 18.2 Å². The van der Waals surface area contributed by atoms with Gasteiger partial charge in [0, 0.05) is 0 Å². The predicted molar refractivity (Wildman–Crippen MR) is 67.8 cm³/mol. The van der Waals surface area contributed by atoms with E-state index in [4.69, 9.17) is 19.9 Å². The highest BCUT2D eigenvalue weighted by Gasteiger charge is 2.16. The zero-order valence-electron chi connectivity index (χ0n) is 10.9. The van der Waals surface area contributed by atoms with Crippen LogP contribution in [0.4, 0.5) is 0 Å². The fourth-order valence-electron chi connectivity index (χ4n) is 1.39. The fraction of sp³-hybridized carbons (Fsp3) is 0.462. The average molecular weight is 253 g/mol. The van der Waals surface area contributed by atoms with Crippen LogP contribution in [-0.2, 0) is 9.53 Å². The Morgan fingerprint density at radius 2 is 2.11 bits per heavy atom. The van der Waals surface area contributed by atoms with Gasteiger partial charge in [0.25, 0.3) is 0 Å². The van der Waals surface area contributed by atoms with Crippen LogP contribution in [0, 0.1) is 6.92 Å². The van der Waals surface area contributed by atoms with Crippen LogP contribution < -0.4 is 15.2 Å². The molecule has 0 aliphatic rings. The lowest BCUT2D eigenvalue weighted by atomic mass is 10.2. The molecule has 0 spiro atoms. The number of benzene rings is 1. The zero-order valence-corrected chi connectivity index (χ0v) is 10.9. The Bertz CT molecular complexity index is 406. The molecule has 1 aromatic rings. The van der Waals surface area contributed by atoms with Crippen molar-refractivity contribution in [1.82, 2.24) is 0 Å². The standard InChI is InChI=1S/C13H19NO4/c1-4-17-13(15)10(14)8-18-11-6-5-9(2)7-12(11)16-3/h5-7,10H,4,8,14H2,1-3H3. The molecule has 1 aromatic carbocycles. The maximum Gasteiger partial charge on any atom is 0.326 e. The van der Waals surface area contributed by atoms with Crippen molar-refractivity contribution in [2.24, 2.45) is 5.73 Å². The van der Waals surface area contributed by atoms with Gasteiger partial charge in [0.05, 0.1) is 13.7 Å². The molecule has 0 heterocycles. The maximum atomic E-state index is 11.3. The Kier molecular flexibility index (Phi) is 5.45. The molecule has 0 saturated carbocycles. The number of hydrogen-bond donors (Lipinski definition) is 1. The Hall–Kier alpha value is -1.75. The molecule has 0 aromatic heterocycles. The first-order valence-corrected chi connectivity index (χ1v) is 5.78. The first-order chi connectivity index (χ1) is 8.58. The van der Waals surface area contributed by atoms with Crippen LogP contribution in [-0.4, -0.2) is 32.3 Å². The molecule has 1 atom stereocenters. The van der Waals surface area contributed by atoms with Crippen molar-refractivity contribution >= 4 is 5.97 Å². The van der Waals surface area contributed by atoms with Crippen LogP contribution >= 0.6 is 0 Å². The summed E-state index contributed by atoms with van der Waals surface area (Å²) in [5.41, 5.74) is 6.70. The molecular formula is C13H19NO4. The van der Waals surface area contributed by atoms with Gasteiger partial charge in [-0.05, 0) is 31.5 Å². The smallest absolute Gasteiger partial charge is 0.326 e. The van der Waals surface area contributed by atoms with Crippen molar-refractivity contribution in [1.29, 1.82) is 0 Å². The van der Waals surface area contributed by atoms with Crippen LogP contribution in [0.2, 0.25) is 0 Å². The second-order valence-electron chi connectivity index (χ2n) is 3.82. The van der Waals surface area contributed by atoms with Gasteiger partial charge in [0.2, 0.25) is 0 Å². The monoisotopic (exact) mass is 253 g/mol. The average Bonchev–Trinajstić information content (AvgIpc) is 2.37. The molecule has 1 rings (SSSR count). The summed E-state index contributed by atoms with van der Waals surface area (Å²) in [7, 11) is 1.56. The predicted octanol–water partition coefficient (Wildman–Crippen LogP) is 1.27. The van der Waals surface area contributed by atoms with Crippen LogP contribution in [0.25, 0.3) is 0 Å². The van der Waals surface area contributed by atoms with E-state index in [-0.39, 0.29) is 6.61 Å². The number of hydrogen-bond acceptors (Lipinski definition) is 5. The van der Waals surface area contributed by atoms with Crippen molar-refractivity contribution in [2.45, 2.75) is 19.9 Å². The minimum Gasteiger partial charge on any atom is -0.493 e. The third-order valence-corrected chi connectivity index (χ3v) is 2.33. The molecule has 0 aliphatic carbocycles. The summed E-state index contributed by atoms with van der Waals surface area (Å²) in [6, 6.07) is 4.74. The molecule has 5 nitrogen and oxygen atoms in total. The topological polar surface area (TPSA) is 70.8 Å². The molecule has 0 aliphatic heterocycles. The highest BCUT2D eigenvalue weighted by Crippen LogP contribution is 2.27. The molecule has 0 bridgehead atoms. The Morgan fingerprint density at radius 1 is 1.39 bits per heavy atom. The molecule has 0 fully saturated rings. The van der Waals surface area contributed by atoms with E-state index in [1.807, 2.05) is 19.1 Å². The van der Waals surface area contributed by atoms with Gasteiger partial charge in [0.1, 0.15) is 12.6 Å². The number of methoxy groups -OCH3 is 1. The molecule has 0 amide bonds. The third kappa shape index (κ3) is 3.92. The lowest BCUT2D eigenvalue weighted by molar-refractivity contribution is -0.145. The fourth-order valence-corrected chi connectivity index (χ4v) is 1.39. The van der Waals surface area contributed by atoms with Gasteiger partial charge in [-0.2, -0.15) is 0 Å². The van der Waals surface area contributed by atoms with Crippen LogP contribution in [0.3, 0.4) is 0 Å². The summed E-state index contributed by atoms with van der Waals surface area (Å²) in [6.07, 6.45) is 0. The van der Waals surface area contributed by atoms with Crippen molar-refractivity contribution in [3.63, 3.8) is 0 Å². The van der Waals surface area contributed by atoms with E-state index >= 15 is 0 Å². The van der Waals surface area contributed by atoms with Crippen molar-refractivity contribution < 1.29 is 19.0 Å². The Labute approximate surface area is 107 Å². The number of carbonyl (C=O) groups is 1. The zero-order chi connectivity index (χ0) is 13.5. The Morgan fingerprint density at radius 3 is 2.72 bits per heavy atom. The van der Waals surface area contributed by atoms with Crippen molar-refractivity contribution in [2.75, 3.05) is 20.3 Å². The number of esters is 1. The lowest BCUT2D eigenvalue weighted by Gasteiger charge is -2.14. The van der Waals surface area contributed by atoms with Crippen molar-refractivity contribution in [3.05, 3.63) is 23.8 Å². The molecule has 0 saturated heterocycles. The van der Waals surface area contributed by atoms with Crippen LogP contribution in [0.1, 0.15) is 12.5 Å². The molecule has 100 valence electrons. The highest BCUT2D eigenvalue weighted by atomic mass is 16.5. The molecule has 5 heteroatoms. The number of carbonyl (C=O) groups excluding carboxylic acids is 1. The molecule has 2 N–H and O–H groups in total. The normalized spacial score (nSPS) is 11.8. The number of nitrogens with two attached hydrogens (primary N) is 1. The number of rotatable bonds is 6. The quantitative estimate of drug-likeness (QED) is 0.773. The first kappa shape index (κ1) is 14.3. The minimum absolute atomic E-state index is 0.0538. The SMILES string of the molecule is CCOC(=O)C(N)COc1ccc(C)cc1OC. The summed E-state index contributed by atoms with van der Waals surface area (Å²) in [5.74, 6) is 0.706. The number of ether oxygens (including phenoxy) is 3. The number of aryl methyl sites for hydroxylation is 1. The van der Waals surface area contributed by atoms with E-state index in [1.54, 1.807) is 20.1 Å². The molecule has 18 heavy (non-hydrogen) atoms. The van der Waals surface area contributed by atoms with Gasteiger partial charge < -0.3 is 19.9 Å². The van der Waals surface area contributed by atoms with E-state index in [0.717, 1.165) is 5.56 Å². The van der Waals surface area contributed by atoms with Gasteiger partial charge in [-0.15, -0.1) is 0 Å². The molecule has 1 unspecified atom stereocenters. The van der Waals surface area contributed by atoms with E-state index in [9.17, 15) is 4.79 Å². The summed E-state index contributed by atoms with van der Waals surface area (Å²) < 4.78 is 15.4. The van der Waals surface area contributed by atoms with Gasteiger partial charge in [-0.1, -0.05) is 6.07 Å². The van der Waals surface area contributed by atoms with E-state index in [2.05, 4.69) is 0 Å². The van der Waals surface area contributed by atoms with Gasteiger partial charge in [-0.25, -0.2) is 0 Å². The second kappa shape index (κ2) is 6.86. The summed E-state index contributed by atoms with van der Waals surface area (Å²) in [5, 5.41) is 0. The van der Waals surface area contributed by atoms with Gasteiger partial charge in [0.15, 0.2) is 11.5 Å². The Balaban J connectivity index is 2.60. The second-order valence-corrected chi connectivity index (χ2v) is 3.82. The van der Waals surface area contributed by atoms with Gasteiger partial charge >= 0.3 is 5.97 Å². The third-order valence-electron chi connectivity index (χ3n) is 2.33. The highest BCUT2D eigenvalue weighted by molar-refractivity contribution is 5.75. The van der Waals surface area contributed by atoms with E-state index in [0.29, 0.717) is 18.1 Å². The molecule has 0 radical (unpaired) electrons. The van der Waals surface area contributed by atoms with E-state index in [1.165, 1.54) is 0 Å². The van der Waals surface area contributed by atoms with Crippen LogP contribution in [0.5, 0.6) is 11.5 Å². The first-order valence-electron chi connectivity index (χ1n) is 5.78. The minimum atomic E-state index is -0.795. The van der Waals surface area contributed by atoms with Gasteiger partial charge in [-0.3, -0.25) is 4.79 Å². The summed E-state index contributed by atoms with van der Waals surface area (Å²) in [6.45, 7) is 4.05. The van der Waals surface area contributed by atoms with E-state index < -0.39 is 12.0 Å². The largest absolute Gasteiger partial charge is 0.493 e.